The maximum absolute atomic E-state index is 13.8. The lowest BCUT2D eigenvalue weighted by Crippen LogP contribution is -2.37. The van der Waals surface area contributed by atoms with Gasteiger partial charge in [-0.25, -0.2) is 4.39 Å². The molecule has 0 aliphatic heterocycles. The molecule has 0 radical (unpaired) electrons. The molecule has 0 bridgehead atoms. The Labute approximate surface area is 237 Å². The van der Waals surface area contributed by atoms with Gasteiger partial charge in [0.1, 0.15) is 11.5 Å². The van der Waals surface area contributed by atoms with Crippen LogP contribution >= 0.6 is 0 Å². The predicted octanol–water partition coefficient (Wildman–Crippen LogP) is 4.15. The third kappa shape index (κ3) is 6.31. The number of aromatic nitrogens is 1. The number of nitrogens with one attached hydrogen (secondary N) is 3. The van der Waals surface area contributed by atoms with Crippen molar-refractivity contribution in [1.29, 1.82) is 0 Å². The molecule has 2 amide bonds. The van der Waals surface area contributed by atoms with Crippen molar-refractivity contribution < 1.29 is 18.8 Å². The fourth-order valence-corrected chi connectivity index (χ4v) is 4.49. The number of halogens is 1. The highest BCUT2D eigenvalue weighted by Gasteiger charge is 2.19. The summed E-state index contributed by atoms with van der Waals surface area (Å²) in [6.07, 6.45) is 0. The number of amides is 2. The molecule has 0 unspecified atom stereocenters. The Balaban J connectivity index is 1.82. The zero-order valence-corrected chi connectivity index (χ0v) is 23.2. The molecule has 1 aromatic heterocycles. The molecule has 0 spiro atoms. The van der Waals surface area contributed by atoms with E-state index in [0.717, 1.165) is 0 Å². The van der Waals surface area contributed by atoms with E-state index in [4.69, 9.17) is 0 Å². The Morgan fingerprint density at radius 1 is 0.902 bits per heavy atom. The summed E-state index contributed by atoms with van der Waals surface area (Å²) in [6, 6.07) is 20.2. The number of carbonyl (C=O) groups is 3. The topological polar surface area (TPSA) is 109 Å². The van der Waals surface area contributed by atoms with Crippen LogP contribution in [0.25, 0.3) is 11.3 Å². The van der Waals surface area contributed by atoms with Crippen LogP contribution < -0.4 is 21.5 Å². The highest BCUT2D eigenvalue weighted by molar-refractivity contribution is 6.09. The molecule has 8 nitrogen and oxygen atoms in total. The average Bonchev–Trinajstić information content (AvgIpc) is 2.98. The van der Waals surface area contributed by atoms with E-state index in [1.54, 1.807) is 76.5 Å². The first-order valence-electron chi connectivity index (χ1n) is 13.1. The fourth-order valence-electron chi connectivity index (χ4n) is 4.49. The molecule has 41 heavy (non-hydrogen) atoms. The first-order valence-corrected chi connectivity index (χ1v) is 13.1. The Kier molecular flexibility index (Phi) is 8.89. The number of anilines is 1. The number of hydrogen-bond acceptors (Lipinski definition) is 5. The highest BCUT2D eigenvalue weighted by atomic mass is 19.1. The van der Waals surface area contributed by atoms with E-state index in [2.05, 4.69) is 16.0 Å². The van der Waals surface area contributed by atoms with Crippen LogP contribution in [0.4, 0.5) is 10.1 Å². The van der Waals surface area contributed by atoms with Crippen LogP contribution in [0.1, 0.15) is 44.3 Å². The van der Waals surface area contributed by atoms with Gasteiger partial charge in [-0.15, -0.1) is 0 Å². The van der Waals surface area contributed by atoms with E-state index in [9.17, 15) is 23.6 Å². The average molecular weight is 555 g/mol. The number of nitrogens with zero attached hydrogens (tertiary/aromatic N) is 1. The summed E-state index contributed by atoms with van der Waals surface area (Å²) in [5.41, 5.74) is 3.39. The van der Waals surface area contributed by atoms with Gasteiger partial charge >= 0.3 is 0 Å². The number of benzene rings is 3. The molecule has 0 aliphatic rings. The number of likely N-dealkylation sites (N-methyl/N-ethyl adjacent to an activating group) is 1. The maximum Gasteiger partial charge on any atom is 0.275 e. The van der Waals surface area contributed by atoms with Gasteiger partial charge < -0.3 is 20.5 Å². The van der Waals surface area contributed by atoms with Gasteiger partial charge in [0.05, 0.1) is 18.3 Å². The molecule has 1 atom stereocenters. The number of hydrogen-bond donors (Lipinski definition) is 3. The van der Waals surface area contributed by atoms with Gasteiger partial charge in [0, 0.05) is 29.3 Å². The summed E-state index contributed by atoms with van der Waals surface area (Å²) in [5.74, 6) is -1.34. The second kappa shape index (κ2) is 12.5. The summed E-state index contributed by atoms with van der Waals surface area (Å²) in [6.45, 7) is 3.56. The second-order valence-electron chi connectivity index (χ2n) is 9.62. The van der Waals surface area contributed by atoms with E-state index >= 15 is 0 Å². The van der Waals surface area contributed by atoms with E-state index in [0.29, 0.717) is 39.1 Å². The highest BCUT2D eigenvalue weighted by Crippen LogP contribution is 2.27. The minimum Gasteiger partial charge on any atom is -0.355 e. The van der Waals surface area contributed by atoms with Crippen molar-refractivity contribution in [2.45, 2.75) is 26.4 Å². The van der Waals surface area contributed by atoms with E-state index in [1.165, 1.54) is 28.8 Å². The van der Waals surface area contributed by atoms with Crippen molar-refractivity contribution in [2.24, 2.45) is 0 Å². The van der Waals surface area contributed by atoms with Crippen molar-refractivity contribution in [3.63, 3.8) is 0 Å². The van der Waals surface area contributed by atoms with Crippen molar-refractivity contribution in [2.75, 3.05) is 19.4 Å². The number of pyridine rings is 1. The maximum atomic E-state index is 13.8. The first-order chi connectivity index (χ1) is 19.6. The smallest absolute Gasteiger partial charge is 0.275 e. The van der Waals surface area contributed by atoms with Gasteiger partial charge in [-0.05, 0) is 80.6 Å². The third-order valence-electron chi connectivity index (χ3n) is 6.98. The lowest BCUT2D eigenvalue weighted by molar-refractivity contribution is -0.117. The summed E-state index contributed by atoms with van der Waals surface area (Å²) in [4.78, 5) is 52.0. The SMILES string of the molecule is CNC(=O)c1cccc(-c2ccc(NC(=O)[C@H](C)NC)c(=O)n2Cc2cccc(C(=O)c3ccc(F)cc3)c2)c1C. The zero-order valence-electron chi connectivity index (χ0n) is 23.2. The van der Waals surface area contributed by atoms with Gasteiger partial charge in [-0.3, -0.25) is 19.2 Å². The Bertz CT molecular complexity index is 1680. The first kappa shape index (κ1) is 29.1. The zero-order chi connectivity index (χ0) is 29.7. The van der Waals surface area contributed by atoms with Gasteiger partial charge in [0.15, 0.2) is 5.78 Å². The van der Waals surface area contributed by atoms with E-state index in [1.807, 2.05) is 6.07 Å². The van der Waals surface area contributed by atoms with Gasteiger partial charge in [-0.1, -0.05) is 30.3 Å². The van der Waals surface area contributed by atoms with Crippen molar-refractivity contribution >= 4 is 23.3 Å². The van der Waals surface area contributed by atoms with Gasteiger partial charge in [0.25, 0.3) is 11.5 Å². The molecular weight excluding hydrogens is 523 g/mol. The van der Waals surface area contributed by atoms with Crippen LogP contribution in [-0.2, 0) is 11.3 Å². The molecule has 4 rings (SSSR count). The molecule has 0 saturated carbocycles. The predicted molar refractivity (Wildman–Crippen MR) is 157 cm³/mol. The van der Waals surface area contributed by atoms with Crippen LogP contribution in [0.15, 0.2) is 83.7 Å². The fraction of sp³-hybridized carbons (Fsp3) is 0.188. The van der Waals surface area contributed by atoms with Crippen LogP contribution in [-0.4, -0.2) is 42.3 Å². The van der Waals surface area contributed by atoms with Gasteiger partial charge in [0.2, 0.25) is 5.91 Å². The van der Waals surface area contributed by atoms with Gasteiger partial charge in [-0.2, -0.15) is 0 Å². The molecule has 0 fully saturated rings. The summed E-state index contributed by atoms with van der Waals surface area (Å²) < 4.78 is 14.9. The number of rotatable bonds is 9. The molecule has 4 aromatic rings. The number of ketones is 1. The van der Waals surface area contributed by atoms with Crippen LogP contribution in [0.5, 0.6) is 0 Å². The normalized spacial score (nSPS) is 11.5. The Hall–Kier alpha value is -4.89. The van der Waals surface area contributed by atoms with E-state index < -0.39 is 17.4 Å². The monoisotopic (exact) mass is 554 g/mol. The molecule has 0 aliphatic carbocycles. The molecule has 0 saturated heterocycles. The molecule has 3 N–H and O–H groups in total. The van der Waals surface area contributed by atoms with Crippen molar-refractivity contribution in [3.05, 3.63) is 123 Å². The molecule has 1 heterocycles. The van der Waals surface area contributed by atoms with E-state index in [-0.39, 0.29) is 29.8 Å². The van der Waals surface area contributed by atoms with Crippen LogP contribution in [0.2, 0.25) is 0 Å². The summed E-state index contributed by atoms with van der Waals surface area (Å²) >= 11 is 0. The lowest BCUT2D eigenvalue weighted by Gasteiger charge is -2.19. The Morgan fingerprint density at radius 2 is 1.61 bits per heavy atom. The van der Waals surface area contributed by atoms with Crippen molar-refractivity contribution in [1.82, 2.24) is 15.2 Å². The molecule has 9 heteroatoms. The molecule has 3 aromatic carbocycles. The summed E-state index contributed by atoms with van der Waals surface area (Å²) in [5, 5.41) is 8.17. The third-order valence-corrected chi connectivity index (χ3v) is 6.98. The standard InChI is InChI=1S/C32H31FN4O4/c1-19-25(9-6-10-26(19)31(40)35-4)28-16-15-27(36-30(39)20(2)34-3)32(41)37(28)18-21-7-5-8-23(17-21)29(38)22-11-13-24(33)14-12-22/h5-17,20,34H,18H2,1-4H3,(H,35,40)(H,36,39)/t20-/m0/s1. The largest absolute Gasteiger partial charge is 0.355 e. The second-order valence-corrected chi connectivity index (χ2v) is 9.62. The minimum absolute atomic E-state index is 0.0770. The Morgan fingerprint density at radius 3 is 2.29 bits per heavy atom. The van der Waals surface area contributed by atoms with Crippen LogP contribution in [0, 0.1) is 12.7 Å². The number of carbonyl (C=O) groups excluding carboxylic acids is 3. The quantitative estimate of drug-likeness (QED) is 0.270. The van der Waals surface area contributed by atoms with Crippen molar-refractivity contribution in [3.8, 4) is 11.3 Å². The molecule has 210 valence electrons. The van der Waals surface area contributed by atoms with Crippen LogP contribution in [0.3, 0.4) is 0 Å². The minimum atomic E-state index is -0.525. The molecular formula is C32H31FN4O4. The lowest BCUT2D eigenvalue weighted by atomic mass is 9.98. The summed E-state index contributed by atoms with van der Waals surface area (Å²) in [7, 11) is 3.20.